The number of carboxylic acids is 1. The summed E-state index contributed by atoms with van der Waals surface area (Å²) in [4.78, 5) is 34.8. The highest BCUT2D eigenvalue weighted by Crippen LogP contribution is 2.32. The molecule has 1 aromatic heterocycles. The number of aliphatic imine (C=N–C) groups is 1. The number of fused-ring (bicyclic) bond motifs is 1. The summed E-state index contributed by atoms with van der Waals surface area (Å²) >= 11 is 0. The molecule has 202 valence electrons. The minimum atomic E-state index is -0.893. The van der Waals surface area contributed by atoms with Gasteiger partial charge in [-0.1, -0.05) is 18.2 Å². The third-order valence-corrected chi connectivity index (χ3v) is 6.36. The third-order valence-electron chi connectivity index (χ3n) is 6.36. The van der Waals surface area contributed by atoms with E-state index in [1.165, 1.54) is 19.1 Å². The molecule has 0 unspecified atom stereocenters. The normalized spacial score (nSPS) is 11.8. The summed E-state index contributed by atoms with van der Waals surface area (Å²) in [5.74, 6) is -1.56. The van der Waals surface area contributed by atoms with E-state index in [0.717, 1.165) is 11.3 Å². The van der Waals surface area contributed by atoms with Crippen LogP contribution in [0.15, 0.2) is 71.7 Å². The van der Waals surface area contributed by atoms with Gasteiger partial charge in [0.25, 0.3) is 0 Å². The van der Waals surface area contributed by atoms with Crippen LogP contribution in [0.4, 0.5) is 15.8 Å². The number of likely N-dealkylation sites (N-methyl/N-ethyl adjacent to an activating group) is 1. The number of rotatable bonds is 10. The van der Waals surface area contributed by atoms with Gasteiger partial charge in [-0.3, -0.25) is 9.59 Å². The molecule has 3 aromatic carbocycles. The number of nitrogens with one attached hydrogen (secondary N) is 1. The average molecular weight is 531 g/mol. The van der Waals surface area contributed by atoms with Crippen molar-refractivity contribution < 1.29 is 24.2 Å². The van der Waals surface area contributed by atoms with Crippen molar-refractivity contribution in [1.82, 2.24) is 9.88 Å². The number of hydrogen-bond donors (Lipinski definition) is 3. The van der Waals surface area contributed by atoms with Crippen LogP contribution < -0.4 is 4.90 Å². The van der Waals surface area contributed by atoms with Crippen LogP contribution in [0.3, 0.4) is 0 Å². The minimum absolute atomic E-state index is 0.0184. The molecule has 0 radical (unpaired) electrons. The second-order valence-corrected chi connectivity index (χ2v) is 9.58. The van der Waals surface area contributed by atoms with Gasteiger partial charge in [0.2, 0.25) is 5.91 Å². The Hall–Kier alpha value is -4.50. The van der Waals surface area contributed by atoms with Crippen molar-refractivity contribution in [2.45, 2.75) is 19.8 Å². The molecule has 1 heterocycles. The van der Waals surface area contributed by atoms with Crippen LogP contribution in [0.25, 0.3) is 10.9 Å². The van der Waals surface area contributed by atoms with E-state index in [2.05, 4.69) is 4.98 Å². The summed E-state index contributed by atoms with van der Waals surface area (Å²) in [6.45, 7) is 2.78. The number of halogens is 1. The number of carbonyl (C=O) groups is 2. The quantitative estimate of drug-likeness (QED) is 0.247. The fourth-order valence-electron chi connectivity index (χ4n) is 4.39. The summed E-state index contributed by atoms with van der Waals surface area (Å²) in [7, 11) is 3.89. The molecule has 0 bridgehead atoms. The Labute approximate surface area is 226 Å². The van der Waals surface area contributed by atoms with Crippen molar-refractivity contribution in [3.8, 4) is 5.88 Å². The molecule has 39 heavy (non-hydrogen) atoms. The van der Waals surface area contributed by atoms with Crippen molar-refractivity contribution in [2.75, 3.05) is 32.1 Å². The minimum Gasteiger partial charge on any atom is -0.494 e. The smallest absolute Gasteiger partial charge is 0.303 e. The number of benzene rings is 3. The van der Waals surface area contributed by atoms with Crippen molar-refractivity contribution in [3.05, 3.63) is 89.2 Å². The standard InChI is InChI=1S/C30H31FN4O4/c1-19(36)35(16-15-34(2)3)24-11-9-23(10-12-24)32-29(21-6-4-5-20(17-21)7-14-27(37)38)28-25-13-8-22(31)18-26(25)33-30(28)39/h4-6,8-13,17-18,33,39H,7,14-16H2,1-3H3,(H,37,38). The van der Waals surface area contributed by atoms with Gasteiger partial charge in [-0.15, -0.1) is 0 Å². The molecule has 3 N–H and O–H groups in total. The largest absolute Gasteiger partial charge is 0.494 e. The molecule has 8 nitrogen and oxygen atoms in total. The Bertz CT molecular complexity index is 1530. The van der Waals surface area contributed by atoms with Crippen LogP contribution in [-0.2, 0) is 16.0 Å². The van der Waals surface area contributed by atoms with Crippen LogP contribution in [0.5, 0.6) is 5.88 Å². The number of aromatic nitrogens is 1. The Morgan fingerprint density at radius 2 is 1.74 bits per heavy atom. The number of nitrogens with zero attached hydrogens (tertiary/aromatic N) is 3. The van der Waals surface area contributed by atoms with Gasteiger partial charge in [0.05, 0.1) is 22.5 Å². The fraction of sp³-hybridized carbons (Fsp3) is 0.233. The molecule has 0 saturated heterocycles. The van der Waals surface area contributed by atoms with Gasteiger partial charge >= 0.3 is 5.97 Å². The zero-order valence-corrected chi connectivity index (χ0v) is 22.1. The Morgan fingerprint density at radius 1 is 1.00 bits per heavy atom. The lowest BCUT2D eigenvalue weighted by Gasteiger charge is -2.23. The van der Waals surface area contributed by atoms with E-state index in [1.54, 1.807) is 23.1 Å². The molecule has 9 heteroatoms. The zero-order valence-electron chi connectivity index (χ0n) is 22.1. The molecule has 0 aliphatic carbocycles. The first kappa shape index (κ1) is 27.5. The van der Waals surface area contributed by atoms with Gasteiger partial charge in [0.1, 0.15) is 5.82 Å². The molecule has 0 aliphatic rings. The van der Waals surface area contributed by atoms with Crippen LogP contribution in [0.1, 0.15) is 30.0 Å². The monoisotopic (exact) mass is 530 g/mol. The number of aromatic hydroxyl groups is 1. The van der Waals surface area contributed by atoms with Gasteiger partial charge in [0, 0.05) is 43.1 Å². The second kappa shape index (κ2) is 11.9. The number of carbonyl (C=O) groups excluding carboxylic acids is 1. The van der Waals surface area contributed by atoms with E-state index >= 15 is 0 Å². The highest BCUT2D eigenvalue weighted by Gasteiger charge is 2.20. The van der Waals surface area contributed by atoms with Crippen LogP contribution in [0.2, 0.25) is 0 Å². The predicted molar refractivity (Wildman–Crippen MR) is 151 cm³/mol. The first-order chi connectivity index (χ1) is 18.6. The number of anilines is 1. The van der Waals surface area contributed by atoms with Gasteiger partial charge in [-0.05, 0) is 74.6 Å². The van der Waals surface area contributed by atoms with E-state index < -0.39 is 11.8 Å². The molecule has 4 rings (SSSR count). The molecular formula is C30H31FN4O4. The average Bonchev–Trinajstić information content (AvgIpc) is 3.21. The van der Waals surface area contributed by atoms with Crippen molar-refractivity contribution in [2.24, 2.45) is 4.99 Å². The first-order valence-electron chi connectivity index (χ1n) is 12.6. The maximum atomic E-state index is 13.9. The molecule has 1 amide bonds. The van der Waals surface area contributed by atoms with Crippen LogP contribution in [-0.4, -0.2) is 64.9 Å². The lowest BCUT2D eigenvalue weighted by Crippen LogP contribution is -2.35. The lowest BCUT2D eigenvalue weighted by atomic mass is 9.97. The maximum absolute atomic E-state index is 13.9. The predicted octanol–water partition coefficient (Wildman–Crippen LogP) is 5.11. The summed E-state index contributed by atoms with van der Waals surface area (Å²) < 4.78 is 13.9. The van der Waals surface area contributed by atoms with Gasteiger partial charge in [-0.2, -0.15) is 0 Å². The molecular weight excluding hydrogens is 499 g/mol. The Kier molecular flexibility index (Phi) is 8.41. The molecule has 0 spiro atoms. The summed E-state index contributed by atoms with van der Waals surface area (Å²) in [5, 5.41) is 20.6. The number of H-pyrrole nitrogens is 1. The third kappa shape index (κ3) is 6.69. The van der Waals surface area contributed by atoms with Crippen LogP contribution in [0, 0.1) is 5.82 Å². The first-order valence-corrected chi connectivity index (χ1v) is 12.6. The van der Waals surface area contributed by atoms with Gasteiger partial charge in [-0.25, -0.2) is 9.38 Å². The molecule has 0 atom stereocenters. The summed E-state index contributed by atoms with van der Waals surface area (Å²) in [6, 6.07) is 18.8. The fourth-order valence-corrected chi connectivity index (χ4v) is 4.39. The van der Waals surface area contributed by atoms with Gasteiger partial charge < -0.3 is 25.0 Å². The Balaban J connectivity index is 1.80. The number of carboxylic acid groups (broad SMARTS) is 1. The molecule has 0 aliphatic heterocycles. The lowest BCUT2D eigenvalue weighted by molar-refractivity contribution is -0.137. The summed E-state index contributed by atoms with van der Waals surface area (Å²) in [6.07, 6.45) is 0.319. The highest BCUT2D eigenvalue weighted by atomic mass is 19.1. The number of amides is 1. The van der Waals surface area contributed by atoms with Crippen LogP contribution >= 0.6 is 0 Å². The van der Waals surface area contributed by atoms with E-state index in [0.29, 0.717) is 52.9 Å². The molecule has 4 aromatic rings. The number of aliphatic carboxylic acids is 1. The SMILES string of the molecule is CC(=O)N(CCN(C)C)c1ccc(N=C(c2cccc(CCC(=O)O)c2)c2c(O)[nH]c3cc(F)ccc23)cc1. The number of hydrogen-bond acceptors (Lipinski definition) is 5. The molecule has 0 saturated carbocycles. The number of aryl methyl sites for hydroxylation is 1. The summed E-state index contributed by atoms with van der Waals surface area (Å²) in [5.41, 5.74) is 4.06. The molecule has 0 fully saturated rings. The van der Waals surface area contributed by atoms with Crippen molar-refractivity contribution in [1.29, 1.82) is 0 Å². The second-order valence-electron chi connectivity index (χ2n) is 9.58. The van der Waals surface area contributed by atoms with E-state index in [9.17, 15) is 19.1 Å². The van der Waals surface area contributed by atoms with Gasteiger partial charge in [0.15, 0.2) is 5.88 Å². The van der Waals surface area contributed by atoms with Crippen molar-refractivity contribution >= 4 is 39.9 Å². The highest BCUT2D eigenvalue weighted by molar-refractivity contribution is 6.22. The van der Waals surface area contributed by atoms with E-state index in [1.807, 2.05) is 55.4 Å². The Morgan fingerprint density at radius 3 is 2.41 bits per heavy atom. The van der Waals surface area contributed by atoms with Crippen molar-refractivity contribution in [3.63, 3.8) is 0 Å². The zero-order chi connectivity index (χ0) is 28.1. The number of aromatic amines is 1. The van der Waals surface area contributed by atoms with E-state index in [-0.39, 0.29) is 18.2 Å². The van der Waals surface area contributed by atoms with E-state index in [4.69, 9.17) is 10.1 Å². The maximum Gasteiger partial charge on any atom is 0.303 e. The topological polar surface area (TPSA) is 109 Å².